The summed E-state index contributed by atoms with van der Waals surface area (Å²) in [6.07, 6.45) is 0. The van der Waals surface area contributed by atoms with Gasteiger partial charge in [-0.3, -0.25) is 0 Å². The highest BCUT2D eigenvalue weighted by Crippen LogP contribution is 2.17. The molecule has 18 heavy (non-hydrogen) atoms. The summed E-state index contributed by atoms with van der Waals surface area (Å²) in [4.78, 5) is 11.6. The van der Waals surface area contributed by atoms with E-state index < -0.39 is 5.97 Å². The Balaban J connectivity index is 2.01. The number of hydrogen-bond acceptors (Lipinski definition) is 3. The molecule has 2 aromatic carbocycles. The number of benzene rings is 2. The van der Waals surface area contributed by atoms with E-state index in [-0.39, 0.29) is 23.7 Å². The smallest absolute Gasteiger partial charge is 0.342 e. The predicted molar refractivity (Wildman–Crippen MR) is 63.6 cm³/mol. The van der Waals surface area contributed by atoms with Crippen molar-refractivity contribution in [3.63, 3.8) is 0 Å². The lowest BCUT2D eigenvalue weighted by molar-refractivity contribution is 0.0469. The lowest BCUT2D eigenvalue weighted by atomic mass is 10.2. The molecule has 0 aliphatic heterocycles. The molecule has 0 atom stereocenters. The van der Waals surface area contributed by atoms with Crippen molar-refractivity contribution in [2.24, 2.45) is 0 Å². The lowest BCUT2D eigenvalue weighted by Gasteiger charge is -2.06. The zero-order chi connectivity index (χ0) is 13.0. The van der Waals surface area contributed by atoms with Gasteiger partial charge in [0.2, 0.25) is 0 Å². The summed E-state index contributed by atoms with van der Waals surface area (Å²) >= 11 is 0. The molecule has 0 spiro atoms. The Bertz CT molecular complexity index is 549. The van der Waals surface area contributed by atoms with Crippen molar-refractivity contribution in [1.29, 1.82) is 0 Å². The summed E-state index contributed by atoms with van der Waals surface area (Å²) < 4.78 is 17.7. The molecule has 0 aromatic heterocycles. The second kappa shape index (κ2) is 5.31. The number of ether oxygens (including phenoxy) is 1. The van der Waals surface area contributed by atoms with Crippen LogP contribution in [0.5, 0.6) is 5.75 Å². The van der Waals surface area contributed by atoms with Gasteiger partial charge in [-0.1, -0.05) is 24.3 Å². The van der Waals surface area contributed by atoms with Gasteiger partial charge in [-0.25, -0.2) is 9.18 Å². The van der Waals surface area contributed by atoms with E-state index in [1.807, 2.05) is 0 Å². The van der Waals surface area contributed by atoms with Crippen molar-refractivity contribution >= 4 is 5.97 Å². The van der Waals surface area contributed by atoms with Crippen LogP contribution in [0, 0.1) is 5.82 Å². The molecule has 0 saturated heterocycles. The minimum absolute atomic E-state index is 0.0352. The van der Waals surface area contributed by atoms with Crippen LogP contribution in [0.3, 0.4) is 0 Å². The molecular formula is C14H11FO3. The number of esters is 1. The first-order valence-corrected chi connectivity index (χ1v) is 5.36. The molecule has 2 rings (SSSR count). The van der Waals surface area contributed by atoms with Gasteiger partial charge in [0.25, 0.3) is 0 Å². The molecular weight excluding hydrogens is 235 g/mol. The van der Waals surface area contributed by atoms with Crippen molar-refractivity contribution in [2.75, 3.05) is 0 Å². The van der Waals surface area contributed by atoms with Gasteiger partial charge in [0.15, 0.2) is 0 Å². The zero-order valence-electron chi connectivity index (χ0n) is 9.47. The fourth-order valence-corrected chi connectivity index (χ4v) is 1.45. The van der Waals surface area contributed by atoms with Gasteiger partial charge in [-0.05, 0) is 29.8 Å². The van der Waals surface area contributed by atoms with Crippen molar-refractivity contribution in [3.05, 3.63) is 65.5 Å². The molecule has 0 bridgehead atoms. The Hall–Kier alpha value is -2.36. The molecule has 2 aromatic rings. The Labute approximate surface area is 103 Å². The maximum atomic E-state index is 12.7. The van der Waals surface area contributed by atoms with Crippen LogP contribution < -0.4 is 0 Å². The summed E-state index contributed by atoms with van der Waals surface area (Å²) in [6.45, 7) is 0.0352. The maximum Gasteiger partial charge on any atom is 0.342 e. The van der Waals surface area contributed by atoms with E-state index in [1.54, 1.807) is 12.1 Å². The molecule has 0 saturated carbocycles. The van der Waals surface area contributed by atoms with Crippen LogP contribution >= 0.6 is 0 Å². The molecule has 0 fully saturated rings. The summed E-state index contributed by atoms with van der Waals surface area (Å²) in [6, 6.07) is 11.8. The number of phenolic OH excluding ortho intramolecular Hbond substituents is 1. The highest BCUT2D eigenvalue weighted by molar-refractivity contribution is 5.92. The summed E-state index contributed by atoms with van der Waals surface area (Å²) in [5.74, 6) is -1.08. The molecule has 0 aliphatic rings. The van der Waals surface area contributed by atoms with Crippen LogP contribution in [0.1, 0.15) is 15.9 Å². The topological polar surface area (TPSA) is 46.5 Å². The second-order valence-electron chi connectivity index (χ2n) is 3.72. The van der Waals surface area contributed by atoms with Crippen molar-refractivity contribution in [3.8, 4) is 5.75 Å². The van der Waals surface area contributed by atoms with Crippen LogP contribution in [0.2, 0.25) is 0 Å². The van der Waals surface area contributed by atoms with Crippen molar-refractivity contribution in [1.82, 2.24) is 0 Å². The van der Waals surface area contributed by atoms with Crippen molar-refractivity contribution < 1.29 is 19.0 Å². The van der Waals surface area contributed by atoms with Crippen LogP contribution in [-0.4, -0.2) is 11.1 Å². The predicted octanol–water partition coefficient (Wildman–Crippen LogP) is 2.89. The van der Waals surface area contributed by atoms with Gasteiger partial charge in [0.05, 0.1) is 0 Å². The quantitative estimate of drug-likeness (QED) is 0.847. The largest absolute Gasteiger partial charge is 0.507 e. The summed E-state index contributed by atoms with van der Waals surface area (Å²) in [7, 11) is 0. The van der Waals surface area contributed by atoms with E-state index in [0.29, 0.717) is 5.56 Å². The van der Waals surface area contributed by atoms with Crippen LogP contribution in [0.25, 0.3) is 0 Å². The number of rotatable bonds is 3. The third-order valence-electron chi connectivity index (χ3n) is 2.41. The first-order valence-electron chi connectivity index (χ1n) is 5.36. The fraction of sp³-hybridized carbons (Fsp3) is 0.0714. The SMILES string of the molecule is O=C(OCc1ccc(F)cc1)c1ccccc1O. The van der Waals surface area contributed by atoms with Gasteiger partial charge >= 0.3 is 5.97 Å². The number of halogens is 1. The molecule has 3 nitrogen and oxygen atoms in total. The summed E-state index contributed by atoms with van der Waals surface area (Å²) in [5.41, 5.74) is 0.791. The number of para-hydroxylation sites is 1. The van der Waals surface area contributed by atoms with E-state index >= 15 is 0 Å². The number of carbonyl (C=O) groups excluding carboxylic acids is 1. The highest BCUT2D eigenvalue weighted by Gasteiger charge is 2.11. The van der Waals surface area contributed by atoms with Crippen LogP contribution in [0.4, 0.5) is 4.39 Å². The van der Waals surface area contributed by atoms with Gasteiger partial charge in [-0.2, -0.15) is 0 Å². The molecule has 92 valence electrons. The Morgan fingerprint density at radius 1 is 1.11 bits per heavy atom. The first kappa shape index (κ1) is 12.1. The average Bonchev–Trinajstić information content (AvgIpc) is 2.38. The minimum atomic E-state index is -0.613. The van der Waals surface area contributed by atoms with E-state index in [4.69, 9.17) is 4.74 Å². The number of phenols is 1. The Kier molecular flexibility index (Phi) is 3.57. The normalized spacial score (nSPS) is 10.1. The average molecular weight is 246 g/mol. The van der Waals surface area contributed by atoms with Gasteiger partial charge in [-0.15, -0.1) is 0 Å². The molecule has 0 radical (unpaired) electrons. The Morgan fingerprint density at radius 2 is 1.78 bits per heavy atom. The third kappa shape index (κ3) is 2.85. The highest BCUT2D eigenvalue weighted by atomic mass is 19.1. The molecule has 0 heterocycles. The van der Waals surface area contributed by atoms with E-state index in [2.05, 4.69) is 0 Å². The number of aromatic hydroxyl groups is 1. The van der Waals surface area contributed by atoms with Crippen LogP contribution in [0.15, 0.2) is 48.5 Å². The van der Waals surface area contributed by atoms with Gasteiger partial charge in [0.1, 0.15) is 23.7 Å². The Morgan fingerprint density at radius 3 is 2.44 bits per heavy atom. The van der Waals surface area contributed by atoms with Crippen LogP contribution in [-0.2, 0) is 11.3 Å². The standard InChI is InChI=1S/C14H11FO3/c15-11-7-5-10(6-8-11)9-18-14(17)12-3-1-2-4-13(12)16/h1-8,16H,9H2. The molecule has 4 heteroatoms. The third-order valence-corrected chi connectivity index (χ3v) is 2.41. The fourth-order valence-electron chi connectivity index (χ4n) is 1.45. The maximum absolute atomic E-state index is 12.7. The van der Waals surface area contributed by atoms with E-state index in [9.17, 15) is 14.3 Å². The number of hydrogen-bond donors (Lipinski definition) is 1. The summed E-state index contributed by atoms with van der Waals surface area (Å²) in [5, 5.41) is 9.46. The van der Waals surface area contributed by atoms with E-state index in [0.717, 1.165) is 0 Å². The number of carbonyl (C=O) groups is 1. The molecule has 0 unspecified atom stereocenters. The van der Waals surface area contributed by atoms with Gasteiger partial charge in [0, 0.05) is 0 Å². The van der Waals surface area contributed by atoms with Gasteiger partial charge < -0.3 is 9.84 Å². The van der Waals surface area contributed by atoms with E-state index in [1.165, 1.54) is 36.4 Å². The molecule has 1 N–H and O–H groups in total. The zero-order valence-corrected chi connectivity index (χ0v) is 9.47. The lowest BCUT2D eigenvalue weighted by Crippen LogP contribution is -2.05. The first-order chi connectivity index (χ1) is 8.66. The molecule has 0 aliphatic carbocycles. The second-order valence-corrected chi connectivity index (χ2v) is 3.72. The van der Waals surface area contributed by atoms with Crippen molar-refractivity contribution in [2.45, 2.75) is 6.61 Å². The minimum Gasteiger partial charge on any atom is -0.507 e. The monoisotopic (exact) mass is 246 g/mol. The molecule has 0 amide bonds.